The van der Waals surface area contributed by atoms with Crippen molar-refractivity contribution in [3.63, 3.8) is 0 Å². The van der Waals surface area contributed by atoms with Gasteiger partial charge in [-0.05, 0) is 24.1 Å². The van der Waals surface area contributed by atoms with Gasteiger partial charge in [-0.2, -0.15) is 0 Å². The monoisotopic (exact) mass is 253 g/mol. The van der Waals surface area contributed by atoms with E-state index < -0.39 is 17.8 Å². The van der Waals surface area contributed by atoms with Crippen LogP contribution in [0.25, 0.3) is 6.08 Å². The van der Waals surface area contributed by atoms with Crippen LogP contribution in [0.1, 0.15) is 12.0 Å². The quantitative estimate of drug-likeness (QED) is 0.787. The van der Waals surface area contributed by atoms with Crippen molar-refractivity contribution in [1.82, 2.24) is 0 Å². The van der Waals surface area contributed by atoms with E-state index in [2.05, 4.69) is 0 Å². The Bertz CT molecular complexity index is 426. The Hall–Kier alpha value is -1.81. The zero-order valence-electron chi connectivity index (χ0n) is 8.97. The minimum atomic E-state index is -1.21. The van der Waals surface area contributed by atoms with Crippen LogP contribution >= 0.6 is 11.6 Å². The Labute approximate surface area is 104 Å². The highest BCUT2D eigenvalue weighted by molar-refractivity contribution is 6.30. The number of hydrogen-bond donors (Lipinski definition) is 2. The molecule has 0 aliphatic carbocycles. The van der Waals surface area contributed by atoms with Gasteiger partial charge in [0, 0.05) is 5.02 Å². The number of halogens is 1. The smallest absolute Gasteiger partial charge is 0.316 e. The molecule has 1 aromatic carbocycles. The number of carbonyl (C=O) groups excluding carboxylic acids is 1. The third kappa shape index (κ3) is 4.28. The molecule has 1 rings (SSSR count). The molecule has 1 unspecified atom stereocenters. The summed E-state index contributed by atoms with van der Waals surface area (Å²) in [6.07, 6.45) is 3.40. The molecule has 4 nitrogen and oxygen atoms in total. The number of benzene rings is 1. The maximum Gasteiger partial charge on any atom is 0.316 e. The predicted molar refractivity (Wildman–Crippen MR) is 65.4 cm³/mol. The average molecular weight is 254 g/mol. The summed E-state index contributed by atoms with van der Waals surface area (Å²) in [5.41, 5.74) is 5.84. The van der Waals surface area contributed by atoms with E-state index in [1.54, 1.807) is 36.4 Å². The van der Waals surface area contributed by atoms with E-state index in [1.165, 1.54) is 0 Å². The number of amides is 1. The van der Waals surface area contributed by atoms with E-state index >= 15 is 0 Å². The van der Waals surface area contributed by atoms with Crippen LogP contribution in [0.3, 0.4) is 0 Å². The first-order valence-electron chi connectivity index (χ1n) is 4.95. The molecule has 1 atom stereocenters. The van der Waals surface area contributed by atoms with Crippen LogP contribution in [0.15, 0.2) is 30.3 Å². The Balaban J connectivity index is 2.63. The molecule has 17 heavy (non-hydrogen) atoms. The van der Waals surface area contributed by atoms with Crippen molar-refractivity contribution < 1.29 is 14.7 Å². The molecular weight excluding hydrogens is 242 g/mol. The minimum absolute atomic E-state index is 0.0767. The number of aliphatic carboxylic acids is 1. The van der Waals surface area contributed by atoms with E-state index in [9.17, 15) is 9.59 Å². The van der Waals surface area contributed by atoms with Gasteiger partial charge in [-0.15, -0.1) is 0 Å². The van der Waals surface area contributed by atoms with Gasteiger partial charge in [0.25, 0.3) is 0 Å². The topological polar surface area (TPSA) is 80.4 Å². The molecule has 0 heterocycles. The van der Waals surface area contributed by atoms with Crippen molar-refractivity contribution in [3.05, 3.63) is 40.9 Å². The lowest BCUT2D eigenvalue weighted by molar-refractivity contribution is -0.145. The SMILES string of the molecule is NC(=O)C(C/C=C/c1ccc(Cl)cc1)C(=O)O. The molecule has 5 heteroatoms. The summed E-state index contributed by atoms with van der Waals surface area (Å²) in [4.78, 5) is 21.5. The zero-order valence-corrected chi connectivity index (χ0v) is 9.72. The number of nitrogens with two attached hydrogens (primary N) is 1. The van der Waals surface area contributed by atoms with Crippen molar-refractivity contribution in [3.8, 4) is 0 Å². The van der Waals surface area contributed by atoms with Crippen LogP contribution in [0.4, 0.5) is 0 Å². The van der Waals surface area contributed by atoms with Gasteiger partial charge in [-0.25, -0.2) is 0 Å². The highest BCUT2D eigenvalue weighted by Crippen LogP contribution is 2.12. The van der Waals surface area contributed by atoms with E-state index in [-0.39, 0.29) is 6.42 Å². The largest absolute Gasteiger partial charge is 0.481 e. The van der Waals surface area contributed by atoms with Gasteiger partial charge in [0.2, 0.25) is 5.91 Å². The second-order valence-electron chi connectivity index (χ2n) is 3.48. The summed E-state index contributed by atoms with van der Waals surface area (Å²) in [5.74, 6) is -3.23. The zero-order chi connectivity index (χ0) is 12.8. The lowest BCUT2D eigenvalue weighted by Crippen LogP contribution is -2.29. The van der Waals surface area contributed by atoms with E-state index in [1.807, 2.05) is 0 Å². The van der Waals surface area contributed by atoms with E-state index in [0.717, 1.165) is 5.56 Å². The molecule has 0 aliphatic heterocycles. The molecule has 0 radical (unpaired) electrons. The molecule has 90 valence electrons. The highest BCUT2D eigenvalue weighted by Gasteiger charge is 2.21. The molecule has 1 amide bonds. The standard InChI is InChI=1S/C12H12ClNO3/c13-9-6-4-8(5-7-9)2-1-3-10(11(14)15)12(16)17/h1-2,4-7,10H,3H2,(H2,14,15)(H,16,17)/b2-1+. The van der Waals surface area contributed by atoms with Gasteiger partial charge in [0.05, 0.1) is 0 Å². The van der Waals surface area contributed by atoms with Gasteiger partial charge < -0.3 is 10.8 Å². The molecule has 0 aliphatic rings. The normalized spacial score (nSPS) is 12.5. The average Bonchev–Trinajstić information content (AvgIpc) is 2.25. The van der Waals surface area contributed by atoms with Crippen LogP contribution in [0, 0.1) is 5.92 Å². The molecule has 0 fully saturated rings. The maximum atomic E-state index is 10.8. The summed E-state index contributed by atoms with van der Waals surface area (Å²) >= 11 is 5.72. The minimum Gasteiger partial charge on any atom is -0.481 e. The number of allylic oxidation sites excluding steroid dienone is 1. The summed E-state index contributed by atoms with van der Waals surface area (Å²) in [6.45, 7) is 0. The summed E-state index contributed by atoms with van der Waals surface area (Å²) in [7, 11) is 0. The molecule has 0 bridgehead atoms. The van der Waals surface area contributed by atoms with Crippen LogP contribution in [-0.4, -0.2) is 17.0 Å². The van der Waals surface area contributed by atoms with Gasteiger partial charge in [-0.3, -0.25) is 9.59 Å². The lowest BCUT2D eigenvalue weighted by atomic mass is 10.0. The number of primary amides is 1. The second kappa shape index (κ2) is 6.06. The molecule has 0 aromatic heterocycles. The Morgan fingerprint density at radius 3 is 2.41 bits per heavy atom. The fourth-order valence-electron chi connectivity index (χ4n) is 1.25. The summed E-state index contributed by atoms with van der Waals surface area (Å²) < 4.78 is 0. The third-order valence-corrected chi connectivity index (χ3v) is 2.45. The van der Waals surface area contributed by atoms with Crippen molar-refractivity contribution in [2.45, 2.75) is 6.42 Å². The highest BCUT2D eigenvalue weighted by atomic mass is 35.5. The molecule has 1 aromatic rings. The lowest BCUT2D eigenvalue weighted by Gasteiger charge is -2.03. The Morgan fingerprint density at radius 1 is 1.35 bits per heavy atom. The first-order chi connectivity index (χ1) is 8.00. The van der Waals surface area contributed by atoms with Gasteiger partial charge in [-0.1, -0.05) is 35.9 Å². The fourth-order valence-corrected chi connectivity index (χ4v) is 1.38. The second-order valence-corrected chi connectivity index (χ2v) is 3.92. The molecule has 0 saturated carbocycles. The Morgan fingerprint density at radius 2 is 1.94 bits per heavy atom. The fraction of sp³-hybridized carbons (Fsp3) is 0.167. The predicted octanol–water partition coefficient (Wildman–Crippen LogP) is 1.93. The molecule has 0 spiro atoms. The third-order valence-electron chi connectivity index (χ3n) is 2.19. The van der Waals surface area contributed by atoms with Gasteiger partial charge in [0.1, 0.15) is 5.92 Å². The van der Waals surface area contributed by atoms with Crippen molar-refractivity contribution in [2.75, 3.05) is 0 Å². The number of carboxylic acids is 1. The molecule has 3 N–H and O–H groups in total. The number of carbonyl (C=O) groups is 2. The number of carboxylic acid groups (broad SMARTS) is 1. The van der Waals surface area contributed by atoms with E-state index in [4.69, 9.17) is 22.4 Å². The van der Waals surface area contributed by atoms with Crippen LogP contribution < -0.4 is 5.73 Å². The van der Waals surface area contributed by atoms with Crippen LogP contribution in [-0.2, 0) is 9.59 Å². The van der Waals surface area contributed by atoms with Gasteiger partial charge >= 0.3 is 5.97 Å². The van der Waals surface area contributed by atoms with Crippen LogP contribution in [0.2, 0.25) is 5.02 Å². The summed E-state index contributed by atoms with van der Waals surface area (Å²) in [5, 5.41) is 9.35. The number of rotatable bonds is 5. The molecule has 0 saturated heterocycles. The number of hydrogen-bond acceptors (Lipinski definition) is 2. The first-order valence-corrected chi connectivity index (χ1v) is 5.32. The van der Waals surface area contributed by atoms with Crippen molar-refractivity contribution in [2.24, 2.45) is 11.7 Å². The van der Waals surface area contributed by atoms with Crippen LogP contribution in [0.5, 0.6) is 0 Å². The van der Waals surface area contributed by atoms with Gasteiger partial charge in [0.15, 0.2) is 0 Å². The Kier molecular flexibility index (Phi) is 4.72. The van der Waals surface area contributed by atoms with Crippen molar-refractivity contribution >= 4 is 29.6 Å². The molecular formula is C12H12ClNO3. The first kappa shape index (κ1) is 13.3. The maximum absolute atomic E-state index is 10.8. The van der Waals surface area contributed by atoms with E-state index in [0.29, 0.717) is 5.02 Å². The van der Waals surface area contributed by atoms with Crippen molar-refractivity contribution in [1.29, 1.82) is 0 Å². The summed E-state index contributed by atoms with van der Waals surface area (Å²) in [6, 6.07) is 7.03.